The fraction of sp³-hybridized carbons (Fsp3) is 0.200. The second-order valence-electron chi connectivity index (χ2n) is 6.59. The second-order valence-corrected chi connectivity index (χ2v) is 8.31. The number of nitrogens with two attached hydrogens (primary N) is 1. The molecule has 0 bridgehead atoms. The Labute approximate surface area is 164 Å². The summed E-state index contributed by atoms with van der Waals surface area (Å²) in [7, 11) is -2.01. The van der Waals surface area contributed by atoms with Crippen molar-refractivity contribution in [2.24, 2.45) is 12.8 Å². The topological polar surface area (TPSA) is 107 Å². The molecule has 7 nitrogen and oxygen atoms in total. The molecule has 1 aromatic heterocycles. The van der Waals surface area contributed by atoms with E-state index in [1.807, 2.05) is 36.4 Å². The molecule has 2 aromatic carbocycles. The summed E-state index contributed by atoms with van der Waals surface area (Å²) in [6.45, 7) is 0.0869. The van der Waals surface area contributed by atoms with Crippen molar-refractivity contribution in [1.82, 2.24) is 14.3 Å². The minimum absolute atomic E-state index is 0.0368. The number of imidazole rings is 1. The Bertz CT molecular complexity index is 1060. The van der Waals surface area contributed by atoms with Crippen LogP contribution in [0.4, 0.5) is 0 Å². The van der Waals surface area contributed by atoms with Crippen LogP contribution in [0.1, 0.15) is 22.6 Å². The molecule has 8 heteroatoms. The van der Waals surface area contributed by atoms with Crippen LogP contribution < -0.4 is 10.5 Å². The van der Waals surface area contributed by atoms with E-state index in [0.717, 1.165) is 16.7 Å². The number of hydrogen-bond donors (Lipinski definition) is 2. The number of carbonyl (C=O) groups is 1. The maximum atomic E-state index is 12.3. The molecule has 0 spiro atoms. The van der Waals surface area contributed by atoms with E-state index in [9.17, 15) is 13.2 Å². The van der Waals surface area contributed by atoms with E-state index < -0.39 is 21.8 Å². The van der Waals surface area contributed by atoms with Crippen molar-refractivity contribution < 1.29 is 13.2 Å². The molecule has 0 aliphatic rings. The quantitative estimate of drug-likeness (QED) is 0.602. The average Bonchev–Trinajstić information content (AvgIpc) is 3.13. The minimum atomic E-state index is -3.71. The molecular weight excluding hydrogens is 376 g/mol. The lowest BCUT2D eigenvalue weighted by molar-refractivity contribution is -0.119. The molecule has 28 heavy (non-hydrogen) atoms. The number of aryl methyl sites for hydroxylation is 1. The highest BCUT2D eigenvalue weighted by molar-refractivity contribution is 7.89. The van der Waals surface area contributed by atoms with Crippen molar-refractivity contribution in [1.29, 1.82) is 0 Å². The summed E-state index contributed by atoms with van der Waals surface area (Å²) in [5.74, 6) is -0.912. The molecule has 3 aromatic rings. The Hall–Kier alpha value is -2.97. The Morgan fingerprint density at radius 3 is 2.50 bits per heavy atom. The lowest BCUT2D eigenvalue weighted by atomic mass is 9.90. The Morgan fingerprint density at radius 2 is 1.86 bits per heavy atom. The molecule has 3 rings (SSSR count). The van der Waals surface area contributed by atoms with Crippen LogP contribution in [-0.2, 0) is 34.8 Å². The number of benzene rings is 2. The molecular formula is C20H22N4O3S. The molecule has 1 heterocycles. The standard InChI is InChI=1S/C20H22N4O3S/c1-24-13-19(22-14-24)28(26,27)23-12-16-8-5-9-17(10-16)18(20(21)25)11-15-6-3-2-4-7-15/h2-10,13-14,18,23H,11-12H2,1H3,(H2,21,25). The van der Waals surface area contributed by atoms with Crippen LogP contribution in [0.2, 0.25) is 0 Å². The van der Waals surface area contributed by atoms with Crippen molar-refractivity contribution in [3.63, 3.8) is 0 Å². The number of aromatic nitrogens is 2. The van der Waals surface area contributed by atoms with E-state index in [0.29, 0.717) is 6.42 Å². The summed E-state index contributed by atoms with van der Waals surface area (Å²) in [5, 5.41) is -0.0368. The predicted molar refractivity (Wildman–Crippen MR) is 106 cm³/mol. The highest BCUT2D eigenvalue weighted by Crippen LogP contribution is 2.22. The molecule has 0 saturated carbocycles. The fourth-order valence-corrected chi connectivity index (χ4v) is 3.93. The van der Waals surface area contributed by atoms with Crippen LogP contribution in [-0.4, -0.2) is 23.9 Å². The summed E-state index contributed by atoms with van der Waals surface area (Å²) >= 11 is 0. The molecule has 0 aliphatic carbocycles. The number of nitrogens with one attached hydrogen (secondary N) is 1. The molecule has 0 aliphatic heterocycles. The maximum Gasteiger partial charge on any atom is 0.259 e. The molecule has 0 saturated heterocycles. The number of carbonyl (C=O) groups excluding carboxylic acids is 1. The molecule has 0 fully saturated rings. The second kappa shape index (κ2) is 8.37. The van der Waals surface area contributed by atoms with Crippen molar-refractivity contribution >= 4 is 15.9 Å². The molecule has 1 atom stereocenters. The van der Waals surface area contributed by atoms with E-state index in [2.05, 4.69) is 9.71 Å². The van der Waals surface area contributed by atoms with Crippen LogP contribution in [0.15, 0.2) is 72.1 Å². The van der Waals surface area contributed by atoms with Crippen LogP contribution in [0.5, 0.6) is 0 Å². The first-order chi connectivity index (χ1) is 13.3. The number of rotatable bonds is 8. The summed E-state index contributed by atoms with van der Waals surface area (Å²) in [5.41, 5.74) is 8.12. The van der Waals surface area contributed by atoms with Crippen molar-refractivity contribution in [2.75, 3.05) is 0 Å². The monoisotopic (exact) mass is 398 g/mol. The van der Waals surface area contributed by atoms with Gasteiger partial charge in [-0.15, -0.1) is 0 Å². The third-order valence-corrected chi connectivity index (χ3v) is 5.69. The first-order valence-corrected chi connectivity index (χ1v) is 10.2. The summed E-state index contributed by atoms with van der Waals surface area (Å²) < 4.78 is 28.7. The summed E-state index contributed by atoms with van der Waals surface area (Å²) in [6.07, 6.45) is 3.34. The van der Waals surface area contributed by atoms with Gasteiger partial charge < -0.3 is 10.3 Å². The number of primary amides is 1. The Balaban J connectivity index is 1.76. The van der Waals surface area contributed by atoms with Gasteiger partial charge in [0.25, 0.3) is 10.0 Å². The minimum Gasteiger partial charge on any atom is -0.369 e. The zero-order chi connectivity index (χ0) is 20.1. The van der Waals surface area contributed by atoms with E-state index in [4.69, 9.17) is 5.73 Å². The summed E-state index contributed by atoms with van der Waals surface area (Å²) in [4.78, 5) is 15.9. The number of hydrogen-bond acceptors (Lipinski definition) is 4. The van der Waals surface area contributed by atoms with Gasteiger partial charge in [0.05, 0.1) is 12.2 Å². The zero-order valence-electron chi connectivity index (χ0n) is 15.4. The molecule has 1 amide bonds. The van der Waals surface area contributed by atoms with E-state index in [-0.39, 0.29) is 11.6 Å². The maximum absolute atomic E-state index is 12.3. The third kappa shape index (κ3) is 4.85. The van der Waals surface area contributed by atoms with Gasteiger partial charge in [-0.25, -0.2) is 18.1 Å². The lowest BCUT2D eigenvalue weighted by Crippen LogP contribution is -2.25. The van der Waals surface area contributed by atoms with Gasteiger partial charge >= 0.3 is 0 Å². The SMILES string of the molecule is Cn1cnc(S(=O)(=O)NCc2cccc(C(Cc3ccccc3)C(N)=O)c2)c1. The average molecular weight is 398 g/mol. The van der Waals surface area contributed by atoms with Gasteiger partial charge in [0.1, 0.15) is 0 Å². The third-order valence-electron chi connectivity index (χ3n) is 4.40. The van der Waals surface area contributed by atoms with Crippen LogP contribution >= 0.6 is 0 Å². The van der Waals surface area contributed by atoms with E-state index in [1.165, 1.54) is 12.5 Å². The van der Waals surface area contributed by atoms with Gasteiger partial charge in [0, 0.05) is 19.8 Å². The normalized spacial score (nSPS) is 12.6. The van der Waals surface area contributed by atoms with E-state index >= 15 is 0 Å². The van der Waals surface area contributed by atoms with E-state index in [1.54, 1.807) is 29.8 Å². The lowest BCUT2D eigenvalue weighted by Gasteiger charge is -2.15. The largest absolute Gasteiger partial charge is 0.369 e. The van der Waals surface area contributed by atoms with Gasteiger partial charge in [-0.3, -0.25) is 4.79 Å². The number of sulfonamides is 1. The fourth-order valence-electron chi connectivity index (χ4n) is 2.93. The van der Waals surface area contributed by atoms with Crippen molar-refractivity contribution in [2.45, 2.75) is 23.9 Å². The van der Waals surface area contributed by atoms with Crippen molar-refractivity contribution in [3.05, 3.63) is 83.8 Å². The van der Waals surface area contributed by atoms with Gasteiger partial charge in [-0.05, 0) is 23.1 Å². The zero-order valence-corrected chi connectivity index (χ0v) is 16.3. The molecule has 3 N–H and O–H groups in total. The van der Waals surface area contributed by atoms with Crippen LogP contribution in [0, 0.1) is 0 Å². The van der Waals surface area contributed by atoms with Gasteiger partial charge in [0.2, 0.25) is 5.91 Å². The highest BCUT2D eigenvalue weighted by Gasteiger charge is 2.20. The van der Waals surface area contributed by atoms with Gasteiger partial charge in [-0.2, -0.15) is 0 Å². The van der Waals surface area contributed by atoms with Gasteiger partial charge in [-0.1, -0.05) is 54.6 Å². The Kier molecular flexibility index (Phi) is 5.91. The Morgan fingerprint density at radius 1 is 1.14 bits per heavy atom. The highest BCUT2D eigenvalue weighted by atomic mass is 32.2. The van der Waals surface area contributed by atoms with Crippen molar-refractivity contribution in [3.8, 4) is 0 Å². The smallest absolute Gasteiger partial charge is 0.259 e. The predicted octanol–water partition coefficient (Wildman–Crippen LogP) is 1.71. The van der Waals surface area contributed by atoms with Crippen LogP contribution in [0.3, 0.4) is 0 Å². The molecule has 0 radical (unpaired) electrons. The van der Waals surface area contributed by atoms with Gasteiger partial charge in [0.15, 0.2) is 5.03 Å². The first kappa shape index (κ1) is 19.8. The number of nitrogens with zero attached hydrogens (tertiary/aromatic N) is 2. The summed E-state index contributed by atoms with van der Waals surface area (Å²) in [6, 6.07) is 16.9. The van der Waals surface area contributed by atoms with Crippen LogP contribution in [0.25, 0.3) is 0 Å². The first-order valence-electron chi connectivity index (χ1n) is 8.75. The number of amides is 1. The molecule has 146 valence electrons. The molecule has 1 unspecified atom stereocenters.